The van der Waals surface area contributed by atoms with E-state index in [2.05, 4.69) is 16.9 Å². The second-order valence-corrected chi connectivity index (χ2v) is 6.40. The Kier molecular flexibility index (Phi) is 6.58. The lowest BCUT2D eigenvalue weighted by molar-refractivity contribution is -0.117. The number of aryl methyl sites for hydroxylation is 1. The number of aromatic nitrogens is 2. The van der Waals surface area contributed by atoms with Crippen LogP contribution in [0.2, 0.25) is 0 Å². The van der Waals surface area contributed by atoms with Crippen molar-refractivity contribution >= 4 is 12.0 Å². The first-order chi connectivity index (χ1) is 14.1. The van der Waals surface area contributed by atoms with Crippen LogP contribution in [0.4, 0.5) is 4.39 Å². The summed E-state index contributed by atoms with van der Waals surface area (Å²) in [5.41, 5.74) is 1.47. The molecule has 0 aliphatic rings. The molecule has 0 radical (unpaired) electrons. The molecule has 0 saturated carbocycles. The minimum atomic E-state index is -0.572. The third-order valence-electron chi connectivity index (χ3n) is 4.26. The van der Waals surface area contributed by atoms with Gasteiger partial charge in [0.25, 0.3) is 0 Å². The highest BCUT2D eigenvalue weighted by Crippen LogP contribution is 2.21. The van der Waals surface area contributed by atoms with Gasteiger partial charge in [-0.05, 0) is 41.5 Å². The average molecular weight is 391 g/mol. The van der Waals surface area contributed by atoms with Gasteiger partial charge in [-0.25, -0.2) is 9.37 Å². The molecule has 1 aromatic heterocycles. The van der Waals surface area contributed by atoms with E-state index < -0.39 is 6.04 Å². The van der Waals surface area contributed by atoms with Gasteiger partial charge in [0, 0.05) is 25.5 Å². The molecule has 0 fully saturated rings. The highest BCUT2D eigenvalue weighted by Gasteiger charge is 2.20. The molecule has 3 aromatic rings. The second-order valence-electron chi connectivity index (χ2n) is 6.40. The summed E-state index contributed by atoms with van der Waals surface area (Å²) in [4.78, 5) is 16.8. The van der Waals surface area contributed by atoms with E-state index in [-0.39, 0.29) is 11.7 Å². The van der Waals surface area contributed by atoms with Crippen LogP contribution in [-0.4, -0.2) is 22.1 Å². The standard InChI is InChI=1S/C23H22FN3O2/c1-3-15-29-20-10-7-17(8-11-20)9-12-21(28)26-22(23-25-13-14-27(23)2)18-5-4-6-19(24)16-18/h3-14,16,22H,1,15H2,2H3,(H,26,28). The van der Waals surface area contributed by atoms with Crippen molar-refractivity contribution in [3.05, 3.63) is 102 Å². The predicted octanol–water partition coefficient (Wildman–Crippen LogP) is 4.04. The zero-order chi connectivity index (χ0) is 20.6. The second kappa shape index (κ2) is 9.50. The van der Waals surface area contributed by atoms with Crippen LogP contribution >= 0.6 is 0 Å². The molecular weight excluding hydrogens is 369 g/mol. The number of rotatable bonds is 8. The molecule has 1 unspecified atom stereocenters. The summed E-state index contributed by atoms with van der Waals surface area (Å²) in [6, 6.07) is 12.9. The summed E-state index contributed by atoms with van der Waals surface area (Å²) < 4.78 is 20.9. The maximum atomic E-state index is 13.7. The van der Waals surface area contributed by atoms with Gasteiger partial charge in [-0.15, -0.1) is 0 Å². The van der Waals surface area contributed by atoms with Crippen molar-refractivity contribution in [2.45, 2.75) is 6.04 Å². The Labute approximate surface area is 169 Å². The van der Waals surface area contributed by atoms with E-state index >= 15 is 0 Å². The lowest BCUT2D eigenvalue weighted by Gasteiger charge is -2.18. The molecule has 1 heterocycles. The number of nitrogens with one attached hydrogen (secondary N) is 1. The number of carbonyl (C=O) groups is 1. The zero-order valence-corrected chi connectivity index (χ0v) is 16.1. The van der Waals surface area contributed by atoms with Gasteiger partial charge in [0.15, 0.2) is 0 Å². The Hall–Kier alpha value is -3.67. The Bertz CT molecular complexity index is 1010. The van der Waals surface area contributed by atoms with Gasteiger partial charge >= 0.3 is 0 Å². The molecule has 1 amide bonds. The molecule has 2 aromatic carbocycles. The smallest absolute Gasteiger partial charge is 0.244 e. The molecular formula is C23H22FN3O2. The molecule has 1 atom stereocenters. The maximum Gasteiger partial charge on any atom is 0.244 e. The molecule has 148 valence electrons. The van der Waals surface area contributed by atoms with E-state index in [0.29, 0.717) is 18.0 Å². The predicted molar refractivity (Wildman–Crippen MR) is 111 cm³/mol. The van der Waals surface area contributed by atoms with E-state index in [4.69, 9.17) is 4.74 Å². The lowest BCUT2D eigenvalue weighted by Crippen LogP contribution is -2.29. The van der Waals surface area contributed by atoms with E-state index in [0.717, 1.165) is 11.3 Å². The van der Waals surface area contributed by atoms with Gasteiger partial charge in [-0.1, -0.05) is 36.9 Å². The minimum Gasteiger partial charge on any atom is -0.490 e. The first-order valence-corrected chi connectivity index (χ1v) is 9.12. The topological polar surface area (TPSA) is 56.1 Å². The highest BCUT2D eigenvalue weighted by molar-refractivity contribution is 5.92. The molecule has 6 heteroatoms. The first-order valence-electron chi connectivity index (χ1n) is 9.12. The number of imidazole rings is 1. The Morgan fingerprint density at radius 1 is 1.31 bits per heavy atom. The zero-order valence-electron chi connectivity index (χ0n) is 16.1. The molecule has 0 bridgehead atoms. The fraction of sp³-hybridized carbons (Fsp3) is 0.130. The van der Waals surface area contributed by atoms with Crippen molar-refractivity contribution in [1.29, 1.82) is 0 Å². The number of nitrogens with zero attached hydrogens (tertiary/aromatic N) is 2. The van der Waals surface area contributed by atoms with Gasteiger partial charge in [-0.3, -0.25) is 4.79 Å². The maximum absolute atomic E-state index is 13.7. The van der Waals surface area contributed by atoms with E-state index in [1.54, 1.807) is 41.2 Å². The summed E-state index contributed by atoms with van der Waals surface area (Å²) in [6.07, 6.45) is 8.23. The van der Waals surface area contributed by atoms with E-state index in [1.807, 2.05) is 31.3 Å². The van der Waals surface area contributed by atoms with Crippen molar-refractivity contribution in [3.8, 4) is 5.75 Å². The van der Waals surface area contributed by atoms with Crippen LogP contribution in [0.3, 0.4) is 0 Å². The quantitative estimate of drug-likeness (QED) is 0.466. The fourth-order valence-electron chi connectivity index (χ4n) is 2.83. The van der Waals surface area contributed by atoms with Crippen LogP contribution in [-0.2, 0) is 11.8 Å². The molecule has 5 nitrogen and oxygen atoms in total. The molecule has 0 saturated heterocycles. The summed E-state index contributed by atoms with van der Waals surface area (Å²) in [6.45, 7) is 4.05. The van der Waals surface area contributed by atoms with Crippen LogP contribution in [0.25, 0.3) is 6.08 Å². The van der Waals surface area contributed by atoms with Gasteiger partial charge in [0.2, 0.25) is 5.91 Å². The van der Waals surface area contributed by atoms with E-state index in [1.165, 1.54) is 18.2 Å². The van der Waals surface area contributed by atoms with E-state index in [9.17, 15) is 9.18 Å². The average Bonchev–Trinajstić information content (AvgIpc) is 3.15. The first kappa shape index (κ1) is 20.1. The summed E-state index contributed by atoms with van der Waals surface area (Å²) in [5.74, 6) is 0.660. The van der Waals surface area contributed by atoms with Crippen LogP contribution in [0, 0.1) is 5.82 Å². The van der Waals surface area contributed by atoms with Crippen molar-refractivity contribution < 1.29 is 13.9 Å². The van der Waals surface area contributed by atoms with Crippen LogP contribution in [0.5, 0.6) is 5.75 Å². The van der Waals surface area contributed by atoms with Crippen LogP contribution in [0.15, 0.2) is 79.7 Å². The van der Waals surface area contributed by atoms with Crippen molar-refractivity contribution in [2.75, 3.05) is 6.61 Å². The summed E-state index contributed by atoms with van der Waals surface area (Å²) in [5, 5.41) is 2.90. The number of hydrogen-bond acceptors (Lipinski definition) is 3. The van der Waals surface area contributed by atoms with Gasteiger partial charge in [-0.2, -0.15) is 0 Å². The number of benzene rings is 2. The number of carbonyl (C=O) groups excluding carboxylic acids is 1. The number of ether oxygens (including phenoxy) is 1. The number of amides is 1. The molecule has 3 rings (SSSR count). The normalized spacial score (nSPS) is 11.9. The van der Waals surface area contributed by atoms with Gasteiger partial charge < -0.3 is 14.6 Å². The van der Waals surface area contributed by atoms with Gasteiger partial charge in [0.05, 0.1) is 0 Å². The summed E-state index contributed by atoms with van der Waals surface area (Å²) in [7, 11) is 1.83. The molecule has 0 spiro atoms. The Morgan fingerprint density at radius 2 is 2.10 bits per heavy atom. The van der Waals surface area contributed by atoms with Crippen molar-refractivity contribution in [1.82, 2.24) is 14.9 Å². The molecule has 1 N–H and O–H groups in total. The van der Waals surface area contributed by atoms with Crippen molar-refractivity contribution in [3.63, 3.8) is 0 Å². The third kappa shape index (κ3) is 5.42. The molecule has 29 heavy (non-hydrogen) atoms. The SMILES string of the molecule is C=CCOc1ccc(C=CC(=O)NC(c2cccc(F)c2)c2nccn2C)cc1. The summed E-state index contributed by atoms with van der Waals surface area (Å²) >= 11 is 0. The van der Waals surface area contributed by atoms with Crippen LogP contribution < -0.4 is 10.1 Å². The number of halogens is 1. The number of hydrogen-bond donors (Lipinski definition) is 1. The minimum absolute atomic E-state index is 0.311. The Morgan fingerprint density at radius 3 is 2.76 bits per heavy atom. The fourth-order valence-corrected chi connectivity index (χ4v) is 2.83. The highest BCUT2D eigenvalue weighted by atomic mass is 19.1. The molecule has 0 aliphatic carbocycles. The molecule has 0 aliphatic heterocycles. The van der Waals surface area contributed by atoms with Crippen molar-refractivity contribution in [2.24, 2.45) is 7.05 Å². The van der Waals surface area contributed by atoms with Crippen LogP contribution in [0.1, 0.15) is 23.0 Å². The third-order valence-corrected chi connectivity index (χ3v) is 4.26. The Balaban J connectivity index is 1.74. The van der Waals surface area contributed by atoms with Gasteiger partial charge in [0.1, 0.15) is 30.0 Å². The monoisotopic (exact) mass is 391 g/mol. The largest absolute Gasteiger partial charge is 0.490 e. The lowest BCUT2D eigenvalue weighted by atomic mass is 10.1.